The van der Waals surface area contributed by atoms with Crippen molar-refractivity contribution >= 4 is 18.2 Å². The highest BCUT2D eigenvalue weighted by molar-refractivity contribution is 5.83. The van der Waals surface area contributed by atoms with Gasteiger partial charge in [-0.15, -0.1) is 0 Å². The van der Waals surface area contributed by atoms with Gasteiger partial charge in [-0.1, -0.05) is 31.9 Å². The highest BCUT2D eigenvalue weighted by atomic mass is 16.5. The Labute approximate surface area is 160 Å². The van der Waals surface area contributed by atoms with Crippen LogP contribution in [0.1, 0.15) is 56.2 Å². The smallest absolute Gasteiger partial charge is 0.307 e. The Balaban J connectivity index is 2.25. The Morgan fingerprint density at radius 3 is 2.63 bits per heavy atom. The molecule has 3 unspecified atom stereocenters. The predicted molar refractivity (Wildman–Crippen MR) is 101 cm³/mol. The first-order valence-corrected chi connectivity index (χ1v) is 9.53. The fourth-order valence-electron chi connectivity index (χ4n) is 3.70. The van der Waals surface area contributed by atoms with E-state index < -0.39 is 12.0 Å². The molecule has 0 spiro atoms. The number of hydrogen-bond donors (Lipinski definition) is 1. The molecule has 0 radical (unpaired) electrons. The highest BCUT2D eigenvalue weighted by Gasteiger charge is 2.32. The molecule has 6 nitrogen and oxygen atoms in total. The first-order valence-electron chi connectivity index (χ1n) is 9.53. The molecule has 1 fully saturated rings. The van der Waals surface area contributed by atoms with Gasteiger partial charge in [-0.3, -0.25) is 9.59 Å². The van der Waals surface area contributed by atoms with E-state index >= 15 is 0 Å². The van der Waals surface area contributed by atoms with Crippen molar-refractivity contribution in [1.29, 1.82) is 0 Å². The van der Waals surface area contributed by atoms with Gasteiger partial charge in [0.1, 0.15) is 12.0 Å². The summed E-state index contributed by atoms with van der Waals surface area (Å²) in [6.45, 7) is 2.04. The van der Waals surface area contributed by atoms with Crippen molar-refractivity contribution in [2.75, 3.05) is 14.2 Å². The standard InChI is InChI=1S/C21H29NO5/c1-4-14-9-10-15(11-19(14)26-2)18(12-20(24)27-3)22-21(25)17-8-6-5-7-16(17)13-23/h9-11,13,16-18H,4-8,12H2,1-3H3,(H,22,25). The molecule has 1 aliphatic rings. The molecule has 0 saturated heterocycles. The molecule has 3 atom stereocenters. The van der Waals surface area contributed by atoms with Crippen LogP contribution in [0, 0.1) is 11.8 Å². The zero-order valence-corrected chi connectivity index (χ0v) is 16.3. The molecule has 0 aliphatic heterocycles. The Kier molecular flexibility index (Phi) is 7.82. The van der Waals surface area contributed by atoms with Crippen LogP contribution in [0.15, 0.2) is 18.2 Å². The second kappa shape index (κ2) is 10.1. The molecule has 148 valence electrons. The van der Waals surface area contributed by atoms with Gasteiger partial charge in [0, 0.05) is 11.8 Å². The molecule has 0 bridgehead atoms. The lowest BCUT2D eigenvalue weighted by Crippen LogP contribution is -2.40. The fourth-order valence-corrected chi connectivity index (χ4v) is 3.70. The topological polar surface area (TPSA) is 81.7 Å². The average Bonchev–Trinajstić information content (AvgIpc) is 2.72. The Hall–Kier alpha value is -2.37. The van der Waals surface area contributed by atoms with Crippen LogP contribution >= 0.6 is 0 Å². The lowest BCUT2D eigenvalue weighted by Gasteiger charge is -2.29. The number of amides is 1. The van der Waals surface area contributed by atoms with Crippen LogP contribution in [-0.4, -0.2) is 32.4 Å². The summed E-state index contributed by atoms with van der Waals surface area (Å²) in [6.07, 6.45) is 5.06. The van der Waals surface area contributed by atoms with Crippen molar-refractivity contribution < 1.29 is 23.9 Å². The number of carbonyl (C=O) groups excluding carboxylic acids is 3. The summed E-state index contributed by atoms with van der Waals surface area (Å²) in [6, 6.07) is 5.16. The average molecular weight is 375 g/mol. The van der Waals surface area contributed by atoms with Crippen LogP contribution < -0.4 is 10.1 Å². The van der Waals surface area contributed by atoms with E-state index in [1.807, 2.05) is 25.1 Å². The maximum absolute atomic E-state index is 12.8. The number of benzene rings is 1. The number of carbonyl (C=O) groups is 3. The van der Waals surface area contributed by atoms with Crippen molar-refractivity contribution in [2.45, 2.75) is 51.5 Å². The number of nitrogens with one attached hydrogen (secondary N) is 1. The van der Waals surface area contributed by atoms with Crippen LogP contribution in [-0.2, 0) is 25.5 Å². The van der Waals surface area contributed by atoms with Crippen LogP contribution in [0.25, 0.3) is 0 Å². The summed E-state index contributed by atoms with van der Waals surface area (Å²) in [7, 11) is 2.93. The predicted octanol–water partition coefficient (Wildman–Crippen LogP) is 2.98. The number of hydrogen-bond acceptors (Lipinski definition) is 5. The monoisotopic (exact) mass is 375 g/mol. The lowest BCUT2D eigenvalue weighted by molar-refractivity contribution is -0.141. The minimum atomic E-state index is -0.529. The molecule has 2 rings (SSSR count). The molecular weight excluding hydrogens is 346 g/mol. The van der Waals surface area contributed by atoms with Crippen molar-refractivity contribution in [3.63, 3.8) is 0 Å². The summed E-state index contributed by atoms with van der Waals surface area (Å²) < 4.78 is 10.2. The summed E-state index contributed by atoms with van der Waals surface area (Å²) >= 11 is 0. The van der Waals surface area contributed by atoms with E-state index in [1.165, 1.54) is 7.11 Å². The normalized spacial score (nSPS) is 20.4. The van der Waals surface area contributed by atoms with Crippen LogP contribution in [0.2, 0.25) is 0 Å². The molecule has 1 saturated carbocycles. The Morgan fingerprint density at radius 2 is 2.00 bits per heavy atom. The summed E-state index contributed by atoms with van der Waals surface area (Å²) in [5, 5.41) is 2.97. The molecule has 1 aliphatic carbocycles. The van der Waals surface area contributed by atoms with Gasteiger partial charge in [-0.2, -0.15) is 0 Å². The number of methoxy groups -OCH3 is 2. The van der Waals surface area contributed by atoms with Gasteiger partial charge in [0.2, 0.25) is 5.91 Å². The second-order valence-corrected chi connectivity index (χ2v) is 6.96. The quantitative estimate of drug-likeness (QED) is 0.558. The second-order valence-electron chi connectivity index (χ2n) is 6.96. The minimum Gasteiger partial charge on any atom is -0.496 e. The van der Waals surface area contributed by atoms with E-state index in [1.54, 1.807) is 7.11 Å². The molecular formula is C21H29NO5. The highest BCUT2D eigenvalue weighted by Crippen LogP contribution is 2.31. The lowest BCUT2D eigenvalue weighted by atomic mass is 9.79. The van der Waals surface area contributed by atoms with Gasteiger partial charge < -0.3 is 19.6 Å². The summed E-state index contributed by atoms with van der Waals surface area (Å²) in [5.74, 6) is -0.459. The van der Waals surface area contributed by atoms with E-state index in [2.05, 4.69) is 5.32 Å². The van der Waals surface area contributed by atoms with E-state index in [9.17, 15) is 14.4 Å². The van der Waals surface area contributed by atoms with Gasteiger partial charge in [0.25, 0.3) is 0 Å². The number of aldehydes is 1. The largest absolute Gasteiger partial charge is 0.496 e. The maximum atomic E-state index is 12.8. The third kappa shape index (κ3) is 5.31. The van der Waals surface area contributed by atoms with Crippen molar-refractivity contribution in [3.8, 4) is 5.75 Å². The van der Waals surface area contributed by atoms with Crippen molar-refractivity contribution in [3.05, 3.63) is 29.3 Å². The maximum Gasteiger partial charge on any atom is 0.307 e. The minimum absolute atomic E-state index is 0.0232. The van der Waals surface area contributed by atoms with Gasteiger partial charge >= 0.3 is 5.97 Å². The van der Waals surface area contributed by atoms with E-state index in [0.29, 0.717) is 6.42 Å². The van der Waals surface area contributed by atoms with Gasteiger partial charge in [-0.25, -0.2) is 0 Å². The van der Waals surface area contributed by atoms with E-state index in [0.717, 1.165) is 48.8 Å². The fraction of sp³-hybridized carbons (Fsp3) is 0.571. The van der Waals surface area contributed by atoms with E-state index in [-0.39, 0.29) is 24.2 Å². The molecule has 1 N–H and O–H groups in total. The van der Waals surface area contributed by atoms with Crippen LogP contribution in [0.5, 0.6) is 5.75 Å². The number of esters is 1. The zero-order chi connectivity index (χ0) is 19.8. The molecule has 0 heterocycles. The summed E-state index contributed by atoms with van der Waals surface area (Å²) in [5.41, 5.74) is 1.83. The van der Waals surface area contributed by atoms with Gasteiger partial charge in [-0.05, 0) is 36.5 Å². The van der Waals surface area contributed by atoms with Crippen molar-refractivity contribution in [2.24, 2.45) is 11.8 Å². The molecule has 1 amide bonds. The third-order valence-electron chi connectivity index (χ3n) is 5.34. The molecule has 27 heavy (non-hydrogen) atoms. The molecule has 1 aromatic carbocycles. The molecule has 0 aromatic heterocycles. The van der Waals surface area contributed by atoms with Gasteiger partial charge in [0.05, 0.1) is 26.7 Å². The number of aryl methyl sites for hydroxylation is 1. The SMILES string of the molecule is CCc1ccc(C(CC(=O)OC)NC(=O)C2CCCCC2C=O)cc1OC. The summed E-state index contributed by atoms with van der Waals surface area (Å²) in [4.78, 5) is 36.1. The Bertz CT molecular complexity index is 673. The molecule has 6 heteroatoms. The Morgan fingerprint density at radius 1 is 1.26 bits per heavy atom. The third-order valence-corrected chi connectivity index (χ3v) is 5.34. The van der Waals surface area contributed by atoms with E-state index in [4.69, 9.17) is 9.47 Å². The molecule has 1 aromatic rings. The van der Waals surface area contributed by atoms with Crippen molar-refractivity contribution in [1.82, 2.24) is 5.32 Å². The number of ether oxygens (including phenoxy) is 2. The number of rotatable bonds is 8. The first kappa shape index (κ1) is 20.9. The van der Waals surface area contributed by atoms with Crippen LogP contribution in [0.4, 0.5) is 0 Å². The zero-order valence-electron chi connectivity index (χ0n) is 16.3. The first-order chi connectivity index (χ1) is 13.0. The van der Waals surface area contributed by atoms with Gasteiger partial charge in [0.15, 0.2) is 0 Å². The van der Waals surface area contributed by atoms with Crippen LogP contribution in [0.3, 0.4) is 0 Å².